The molecule has 0 amide bonds. The van der Waals surface area contributed by atoms with Crippen LogP contribution < -0.4 is 9.47 Å². The molecular weight excluding hydrogens is 396 g/mol. The summed E-state index contributed by atoms with van der Waals surface area (Å²) in [5.41, 5.74) is 4.82. The molecule has 1 atom stereocenters. The maximum atomic E-state index is 5.41. The highest BCUT2D eigenvalue weighted by Crippen LogP contribution is 2.40. The van der Waals surface area contributed by atoms with Crippen LogP contribution in [0.5, 0.6) is 11.5 Å². The van der Waals surface area contributed by atoms with Gasteiger partial charge in [-0.25, -0.2) is 0 Å². The summed E-state index contributed by atoms with van der Waals surface area (Å²) in [6, 6.07) is 10.4. The molecule has 0 spiro atoms. The second-order valence-electron chi connectivity index (χ2n) is 4.93. The lowest BCUT2D eigenvalue weighted by Gasteiger charge is -2.18. The van der Waals surface area contributed by atoms with Crippen molar-refractivity contribution in [3.05, 3.63) is 57.1 Å². The van der Waals surface area contributed by atoms with Crippen molar-refractivity contribution in [2.45, 2.75) is 18.7 Å². The molecular formula is C17H18Br2O2. The Hall–Kier alpha value is -1.00. The van der Waals surface area contributed by atoms with E-state index in [1.54, 1.807) is 14.2 Å². The highest BCUT2D eigenvalue weighted by molar-refractivity contribution is 9.10. The van der Waals surface area contributed by atoms with Crippen LogP contribution in [0.25, 0.3) is 0 Å². The molecule has 0 aromatic heterocycles. The van der Waals surface area contributed by atoms with Gasteiger partial charge in [-0.2, -0.15) is 0 Å². The minimum Gasteiger partial charge on any atom is -0.493 e. The molecule has 112 valence electrons. The van der Waals surface area contributed by atoms with E-state index < -0.39 is 0 Å². The van der Waals surface area contributed by atoms with Crippen LogP contribution in [0, 0.1) is 13.8 Å². The van der Waals surface area contributed by atoms with Gasteiger partial charge >= 0.3 is 0 Å². The van der Waals surface area contributed by atoms with Gasteiger partial charge < -0.3 is 9.47 Å². The SMILES string of the molecule is COc1cc(C)c(C(Br)c2ccc(Br)cc2C)cc1OC. The molecule has 0 saturated carbocycles. The molecule has 1 unspecified atom stereocenters. The predicted molar refractivity (Wildman–Crippen MR) is 93.9 cm³/mol. The zero-order chi connectivity index (χ0) is 15.6. The molecule has 2 aromatic rings. The maximum absolute atomic E-state index is 5.41. The highest BCUT2D eigenvalue weighted by Gasteiger charge is 2.18. The van der Waals surface area contributed by atoms with E-state index in [2.05, 4.69) is 63.9 Å². The molecule has 2 rings (SSSR count). The van der Waals surface area contributed by atoms with Crippen molar-refractivity contribution >= 4 is 31.9 Å². The molecule has 0 aliphatic rings. The van der Waals surface area contributed by atoms with E-state index in [1.807, 2.05) is 12.1 Å². The first kappa shape index (κ1) is 16.4. The van der Waals surface area contributed by atoms with Crippen molar-refractivity contribution in [3.63, 3.8) is 0 Å². The predicted octanol–water partition coefficient (Wildman–Crippen LogP) is 5.57. The molecule has 0 fully saturated rings. The van der Waals surface area contributed by atoms with E-state index in [4.69, 9.17) is 9.47 Å². The van der Waals surface area contributed by atoms with E-state index in [0.29, 0.717) is 0 Å². The quantitative estimate of drug-likeness (QED) is 0.610. The van der Waals surface area contributed by atoms with Crippen molar-refractivity contribution < 1.29 is 9.47 Å². The Balaban J connectivity index is 2.50. The topological polar surface area (TPSA) is 18.5 Å². The largest absolute Gasteiger partial charge is 0.493 e. The van der Waals surface area contributed by atoms with Crippen LogP contribution in [0.3, 0.4) is 0 Å². The van der Waals surface area contributed by atoms with E-state index in [-0.39, 0.29) is 4.83 Å². The number of hydrogen-bond acceptors (Lipinski definition) is 2. The number of benzene rings is 2. The Labute approximate surface area is 142 Å². The Morgan fingerprint density at radius 1 is 0.857 bits per heavy atom. The van der Waals surface area contributed by atoms with E-state index >= 15 is 0 Å². The zero-order valence-electron chi connectivity index (χ0n) is 12.5. The monoisotopic (exact) mass is 412 g/mol. The highest BCUT2D eigenvalue weighted by atomic mass is 79.9. The van der Waals surface area contributed by atoms with Gasteiger partial charge in [0.25, 0.3) is 0 Å². The lowest BCUT2D eigenvalue weighted by molar-refractivity contribution is 0.354. The average molecular weight is 414 g/mol. The third kappa shape index (κ3) is 3.43. The smallest absolute Gasteiger partial charge is 0.161 e. The van der Waals surface area contributed by atoms with Gasteiger partial charge in [0.05, 0.1) is 19.0 Å². The summed E-state index contributed by atoms with van der Waals surface area (Å²) in [4.78, 5) is 0.116. The lowest BCUT2D eigenvalue weighted by atomic mass is 9.97. The summed E-state index contributed by atoms with van der Waals surface area (Å²) in [5, 5.41) is 0. The van der Waals surface area contributed by atoms with Crippen LogP contribution >= 0.6 is 31.9 Å². The van der Waals surface area contributed by atoms with Crippen molar-refractivity contribution in [3.8, 4) is 11.5 Å². The number of aryl methyl sites for hydroxylation is 2. The first-order chi connectivity index (χ1) is 9.97. The number of halogens is 2. The minimum absolute atomic E-state index is 0.116. The van der Waals surface area contributed by atoms with Crippen molar-refractivity contribution in [1.82, 2.24) is 0 Å². The maximum Gasteiger partial charge on any atom is 0.161 e. The number of alkyl halides is 1. The molecule has 21 heavy (non-hydrogen) atoms. The van der Waals surface area contributed by atoms with Crippen LogP contribution in [0.15, 0.2) is 34.8 Å². The molecule has 0 heterocycles. The summed E-state index contributed by atoms with van der Waals surface area (Å²) in [7, 11) is 3.31. The van der Waals surface area contributed by atoms with Gasteiger partial charge in [-0.05, 0) is 60.4 Å². The molecule has 4 heteroatoms. The van der Waals surface area contributed by atoms with E-state index in [1.165, 1.54) is 16.7 Å². The minimum atomic E-state index is 0.116. The van der Waals surface area contributed by atoms with Gasteiger partial charge in [-0.15, -0.1) is 0 Å². The molecule has 0 aliphatic carbocycles. The molecule has 0 radical (unpaired) electrons. The third-order valence-electron chi connectivity index (χ3n) is 3.55. The van der Waals surface area contributed by atoms with Gasteiger partial charge in [0, 0.05) is 4.47 Å². The number of methoxy groups -OCH3 is 2. The average Bonchev–Trinajstić information content (AvgIpc) is 2.46. The van der Waals surface area contributed by atoms with Gasteiger partial charge in [-0.1, -0.05) is 37.9 Å². The van der Waals surface area contributed by atoms with Crippen LogP contribution in [-0.2, 0) is 0 Å². The fourth-order valence-electron chi connectivity index (χ4n) is 2.36. The fourth-order valence-corrected chi connectivity index (χ4v) is 3.84. The summed E-state index contributed by atoms with van der Waals surface area (Å²) in [5.74, 6) is 1.50. The molecule has 2 nitrogen and oxygen atoms in total. The normalized spacial score (nSPS) is 12.1. The molecule has 0 N–H and O–H groups in total. The summed E-state index contributed by atoms with van der Waals surface area (Å²) < 4.78 is 11.9. The van der Waals surface area contributed by atoms with Crippen molar-refractivity contribution in [1.29, 1.82) is 0 Å². The Morgan fingerprint density at radius 2 is 1.43 bits per heavy atom. The summed E-state index contributed by atoms with van der Waals surface area (Å²) in [6.45, 7) is 4.20. The van der Waals surface area contributed by atoms with Gasteiger partial charge in [0.15, 0.2) is 11.5 Å². The van der Waals surface area contributed by atoms with Crippen LogP contribution in [0.1, 0.15) is 27.1 Å². The zero-order valence-corrected chi connectivity index (χ0v) is 15.7. The molecule has 0 saturated heterocycles. The van der Waals surface area contributed by atoms with Gasteiger partial charge in [-0.3, -0.25) is 0 Å². The fraction of sp³-hybridized carbons (Fsp3) is 0.294. The molecule has 0 aliphatic heterocycles. The van der Waals surface area contributed by atoms with E-state index in [0.717, 1.165) is 21.5 Å². The standard InChI is InChI=1S/C17H18Br2O2/c1-10-7-12(18)5-6-13(10)17(19)14-9-16(21-4)15(20-3)8-11(14)2/h5-9,17H,1-4H3. The Morgan fingerprint density at radius 3 is 2.00 bits per heavy atom. The van der Waals surface area contributed by atoms with Crippen molar-refractivity contribution in [2.75, 3.05) is 14.2 Å². The van der Waals surface area contributed by atoms with Crippen LogP contribution in [0.4, 0.5) is 0 Å². The second-order valence-corrected chi connectivity index (χ2v) is 6.76. The summed E-state index contributed by atoms with van der Waals surface area (Å²) >= 11 is 7.32. The number of rotatable bonds is 4. The number of hydrogen-bond donors (Lipinski definition) is 0. The Kier molecular flexibility index (Phi) is 5.33. The lowest BCUT2D eigenvalue weighted by Crippen LogP contribution is -2.01. The summed E-state index contributed by atoms with van der Waals surface area (Å²) in [6.07, 6.45) is 0. The third-order valence-corrected chi connectivity index (χ3v) is 5.03. The van der Waals surface area contributed by atoms with Crippen LogP contribution in [0.2, 0.25) is 0 Å². The van der Waals surface area contributed by atoms with Crippen molar-refractivity contribution in [2.24, 2.45) is 0 Å². The van der Waals surface area contributed by atoms with Crippen LogP contribution in [-0.4, -0.2) is 14.2 Å². The van der Waals surface area contributed by atoms with Gasteiger partial charge in [0.2, 0.25) is 0 Å². The first-order valence-corrected chi connectivity index (χ1v) is 8.31. The first-order valence-electron chi connectivity index (χ1n) is 6.60. The Bertz CT molecular complexity index is 653. The van der Waals surface area contributed by atoms with E-state index in [9.17, 15) is 0 Å². The molecule has 0 bridgehead atoms. The molecule has 2 aromatic carbocycles. The number of ether oxygens (including phenoxy) is 2. The van der Waals surface area contributed by atoms with Gasteiger partial charge in [0.1, 0.15) is 0 Å². The second kappa shape index (κ2) is 6.84.